The molecular weight excluding hydrogens is 289 g/mol. The van der Waals surface area contributed by atoms with Gasteiger partial charge in [0.25, 0.3) is 0 Å². The molecule has 1 unspecified atom stereocenters. The summed E-state index contributed by atoms with van der Waals surface area (Å²) < 4.78 is 0. The largest absolute Gasteiger partial charge is 0.324 e. The molecule has 0 bridgehead atoms. The van der Waals surface area contributed by atoms with Crippen LogP contribution in [0.2, 0.25) is 10.0 Å². The zero-order valence-corrected chi connectivity index (χ0v) is 13.5. The van der Waals surface area contributed by atoms with E-state index in [4.69, 9.17) is 28.9 Å². The molecule has 0 spiro atoms. The molecule has 0 aliphatic heterocycles. The molecule has 2 aromatic rings. The van der Waals surface area contributed by atoms with Gasteiger partial charge in [0, 0.05) is 16.1 Å². The van der Waals surface area contributed by atoms with Crippen LogP contribution in [0.3, 0.4) is 0 Å². The minimum atomic E-state index is -0.125. The highest BCUT2D eigenvalue weighted by Gasteiger charge is 2.14. The second-order valence-electron chi connectivity index (χ2n) is 5.35. The van der Waals surface area contributed by atoms with Crippen LogP contribution < -0.4 is 5.73 Å². The number of rotatable bonds is 3. The van der Waals surface area contributed by atoms with Crippen LogP contribution in [0.4, 0.5) is 0 Å². The van der Waals surface area contributed by atoms with E-state index in [1.54, 1.807) is 6.07 Å². The van der Waals surface area contributed by atoms with Gasteiger partial charge in [-0.05, 0) is 61.6 Å². The van der Waals surface area contributed by atoms with E-state index in [2.05, 4.69) is 32.9 Å². The van der Waals surface area contributed by atoms with Crippen molar-refractivity contribution in [1.82, 2.24) is 0 Å². The summed E-state index contributed by atoms with van der Waals surface area (Å²) in [6, 6.07) is 9.75. The number of halogens is 2. The van der Waals surface area contributed by atoms with Gasteiger partial charge in [-0.15, -0.1) is 0 Å². The molecule has 2 aromatic carbocycles. The van der Waals surface area contributed by atoms with Crippen molar-refractivity contribution in [3.63, 3.8) is 0 Å². The van der Waals surface area contributed by atoms with Crippen molar-refractivity contribution >= 4 is 23.2 Å². The highest BCUT2D eigenvalue weighted by Crippen LogP contribution is 2.29. The van der Waals surface area contributed by atoms with Crippen molar-refractivity contribution in [2.45, 2.75) is 33.2 Å². The van der Waals surface area contributed by atoms with Crippen LogP contribution in [0.15, 0.2) is 30.3 Å². The van der Waals surface area contributed by atoms with E-state index < -0.39 is 0 Å². The van der Waals surface area contributed by atoms with E-state index in [9.17, 15) is 0 Å². The molecule has 0 amide bonds. The Kier molecular flexibility index (Phi) is 4.74. The maximum absolute atomic E-state index is 6.33. The number of hydrogen-bond donors (Lipinski definition) is 1. The van der Waals surface area contributed by atoms with Gasteiger partial charge in [0.15, 0.2) is 0 Å². The highest BCUT2D eigenvalue weighted by molar-refractivity contribution is 6.35. The second-order valence-corrected chi connectivity index (χ2v) is 6.20. The van der Waals surface area contributed by atoms with Crippen molar-refractivity contribution in [1.29, 1.82) is 0 Å². The van der Waals surface area contributed by atoms with Gasteiger partial charge in [-0.2, -0.15) is 0 Å². The van der Waals surface area contributed by atoms with Crippen molar-refractivity contribution in [3.8, 4) is 0 Å². The Balaban J connectivity index is 2.30. The van der Waals surface area contributed by atoms with Crippen LogP contribution in [-0.4, -0.2) is 0 Å². The molecule has 0 aliphatic carbocycles. The zero-order valence-electron chi connectivity index (χ0n) is 12.0. The van der Waals surface area contributed by atoms with Crippen LogP contribution in [-0.2, 0) is 6.42 Å². The lowest BCUT2D eigenvalue weighted by molar-refractivity contribution is 0.715. The lowest BCUT2D eigenvalue weighted by Gasteiger charge is -2.18. The van der Waals surface area contributed by atoms with E-state index in [1.165, 1.54) is 22.3 Å². The fraction of sp³-hybridized carbons (Fsp3) is 0.294. The van der Waals surface area contributed by atoms with Crippen molar-refractivity contribution < 1.29 is 0 Å². The third-order valence-corrected chi connectivity index (χ3v) is 4.19. The standard InChI is InChI=1S/C17H19Cl2N/c1-10-6-11(2)15(12(3)7-10)9-17(20)14-5-4-13(18)8-16(14)19/h4-8,17H,9,20H2,1-3H3. The maximum Gasteiger partial charge on any atom is 0.0468 e. The van der Waals surface area contributed by atoms with E-state index in [1.807, 2.05) is 12.1 Å². The molecule has 1 atom stereocenters. The van der Waals surface area contributed by atoms with Gasteiger partial charge < -0.3 is 5.73 Å². The van der Waals surface area contributed by atoms with Crippen molar-refractivity contribution in [3.05, 3.63) is 68.2 Å². The lowest BCUT2D eigenvalue weighted by Crippen LogP contribution is -2.15. The Morgan fingerprint density at radius 2 is 1.60 bits per heavy atom. The first-order valence-corrected chi connectivity index (χ1v) is 7.41. The molecule has 3 heteroatoms. The summed E-state index contributed by atoms with van der Waals surface area (Å²) in [4.78, 5) is 0. The normalized spacial score (nSPS) is 12.5. The summed E-state index contributed by atoms with van der Waals surface area (Å²) >= 11 is 12.2. The monoisotopic (exact) mass is 307 g/mol. The third-order valence-electron chi connectivity index (χ3n) is 3.63. The topological polar surface area (TPSA) is 26.0 Å². The lowest BCUT2D eigenvalue weighted by atomic mass is 9.92. The first-order chi connectivity index (χ1) is 9.38. The molecule has 2 rings (SSSR count). The molecule has 0 radical (unpaired) electrons. The van der Waals surface area contributed by atoms with Gasteiger partial charge in [-0.3, -0.25) is 0 Å². The smallest absolute Gasteiger partial charge is 0.0468 e. The first kappa shape index (κ1) is 15.4. The molecule has 20 heavy (non-hydrogen) atoms. The number of nitrogens with two attached hydrogens (primary N) is 1. The summed E-state index contributed by atoms with van der Waals surface area (Å²) in [5.74, 6) is 0. The predicted molar refractivity (Wildman–Crippen MR) is 87.7 cm³/mol. The summed E-state index contributed by atoms with van der Waals surface area (Å²) in [6.45, 7) is 6.37. The van der Waals surface area contributed by atoms with E-state index >= 15 is 0 Å². The fourth-order valence-electron chi connectivity index (χ4n) is 2.66. The van der Waals surface area contributed by atoms with Gasteiger partial charge in [0.05, 0.1) is 0 Å². The Labute approximate surface area is 130 Å². The minimum absolute atomic E-state index is 0.125. The van der Waals surface area contributed by atoms with Gasteiger partial charge in [-0.1, -0.05) is 47.0 Å². The number of aryl methyl sites for hydroxylation is 3. The average Bonchev–Trinajstić information content (AvgIpc) is 2.33. The zero-order chi connectivity index (χ0) is 14.9. The van der Waals surface area contributed by atoms with Crippen LogP contribution >= 0.6 is 23.2 Å². The molecule has 106 valence electrons. The van der Waals surface area contributed by atoms with Gasteiger partial charge in [0.2, 0.25) is 0 Å². The van der Waals surface area contributed by atoms with Gasteiger partial charge in [-0.25, -0.2) is 0 Å². The van der Waals surface area contributed by atoms with Crippen LogP contribution in [0, 0.1) is 20.8 Å². The van der Waals surface area contributed by atoms with Crippen LogP contribution in [0.25, 0.3) is 0 Å². The fourth-order valence-corrected chi connectivity index (χ4v) is 3.21. The first-order valence-electron chi connectivity index (χ1n) is 6.65. The molecule has 1 nitrogen and oxygen atoms in total. The van der Waals surface area contributed by atoms with E-state index in [-0.39, 0.29) is 6.04 Å². The third kappa shape index (κ3) is 3.35. The van der Waals surface area contributed by atoms with Crippen LogP contribution in [0.1, 0.15) is 33.9 Å². The Morgan fingerprint density at radius 1 is 1.00 bits per heavy atom. The van der Waals surface area contributed by atoms with E-state index in [0.29, 0.717) is 10.0 Å². The van der Waals surface area contributed by atoms with E-state index in [0.717, 1.165) is 12.0 Å². The van der Waals surface area contributed by atoms with Crippen LogP contribution in [0.5, 0.6) is 0 Å². The summed E-state index contributed by atoms with van der Waals surface area (Å²) in [5.41, 5.74) is 12.4. The number of hydrogen-bond acceptors (Lipinski definition) is 1. The quantitative estimate of drug-likeness (QED) is 0.832. The molecule has 0 aromatic heterocycles. The molecule has 0 fully saturated rings. The molecule has 0 heterocycles. The predicted octanol–water partition coefficient (Wildman–Crippen LogP) is 5.16. The maximum atomic E-state index is 6.33. The highest BCUT2D eigenvalue weighted by atomic mass is 35.5. The average molecular weight is 308 g/mol. The molecule has 0 aliphatic rings. The molecule has 0 saturated carbocycles. The summed E-state index contributed by atoms with van der Waals surface area (Å²) in [5, 5.41) is 1.26. The van der Waals surface area contributed by atoms with Crippen molar-refractivity contribution in [2.24, 2.45) is 5.73 Å². The van der Waals surface area contributed by atoms with Crippen molar-refractivity contribution in [2.75, 3.05) is 0 Å². The van der Waals surface area contributed by atoms with Gasteiger partial charge >= 0.3 is 0 Å². The minimum Gasteiger partial charge on any atom is -0.324 e. The molecule has 2 N–H and O–H groups in total. The summed E-state index contributed by atoms with van der Waals surface area (Å²) in [7, 11) is 0. The molecule has 0 saturated heterocycles. The Morgan fingerprint density at radius 3 is 2.15 bits per heavy atom. The van der Waals surface area contributed by atoms with Gasteiger partial charge in [0.1, 0.15) is 0 Å². The Bertz CT molecular complexity index is 612. The molecular formula is C17H19Cl2N. The SMILES string of the molecule is Cc1cc(C)c(CC(N)c2ccc(Cl)cc2Cl)c(C)c1. The Hall–Kier alpha value is -1.02. The summed E-state index contributed by atoms with van der Waals surface area (Å²) in [6.07, 6.45) is 0.777. The number of benzene rings is 2. The second kappa shape index (κ2) is 6.17.